The number of nitrogens with zero attached hydrogens (tertiary/aromatic N) is 4. The van der Waals surface area contributed by atoms with E-state index in [0.29, 0.717) is 17.1 Å². The minimum absolute atomic E-state index is 0.0796. The van der Waals surface area contributed by atoms with Crippen molar-refractivity contribution in [2.45, 2.75) is 19.9 Å². The standard InChI is InChI=1S/C12H13ClN6OS/c1-2-7-19-17-11(16-18-19)15-12(21)14-10(20)8-5-3-4-6-9(8)13/h3-6H,2,7H2,1H3,(H2,14,15,17,20,21). The van der Waals surface area contributed by atoms with Gasteiger partial charge < -0.3 is 0 Å². The summed E-state index contributed by atoms with van der Waals surface area (Å²) < 4.78 is 0. The van der Waals surface area contributed by atoms with Gasteiger partial charge in [-0.25, -0.2) is 0 Å². The third-order valence-corrected chi connectivity index (χ3v) is 2.98. The average Bonchev–Trinajstić information content (AvgIpc) is 2.86. The molecular weight excluding hydrogens is 312 g/mol. The van der Waals surface area contributed by atoms with E-state index in [4.69, 9.17) is 23.8 Å². The summed E-state index contributed by atoms with van der Waals surface area (Å²) in [7, 11) is 0. The number of thiocarbonyl (C=S) groups is 1. The van der Waals surface area contributed by atoms with E-state index in [1.165, 1.54) is 4.80 Å². The Labute approximate surface area is 131 Å². The first-order chi connectivity index (χ1) is 10.1. The summed E-state index contributed by atoms with van der Waals surface area (Å²) in [6.45, 7) is 2.67. The number of aryl methyl sites for hydroxylation is 1. The summed E-state index contributed by atoms with van der Waals surface area (Å²) in [5, 5.41) is 17.3. The van der Waals surface area contributed by atoms with Crippen LogP contribution in [0.4, 0.5) is 5.95 Å². The van der Waals surface area contributed by atoms with Crippen molar-refractivity contribution in [2.75, 3.05) is 5.32 Å². The topological polar surface area (TPSA) is 84.7 Å². The lowest BCUT2D eigenvalue weighted by molar-refractivity contribution is 0.0978. The molecule has 0 aliphatic carbocycles. The molecule has 0 aliphatic rings. The van der Waals surface area contributed by atoms with Crippen molar-refractivity contribution in [3.8, 4) is 0 Å². The first-order valence-electron chi connectivity index (χ1n) is 6.25. The predicted molar refractivity (Wildman–Crippen MR) is 83.2 cm³/mol. The van der Waals surface area contributed by atoms with Gasteiger partial charge in [-0.05, 0) is 36.0 Å². The second kappa shape index (κ2) is 7.09. The van der Waals surface area contributed by atoms with E-state index in [-0.39, 0.29) is 11.1 Å². The maximum Gasteiger partial charge on any atom is 0.269 e. The number of anilines is 1. The molecule has 7 nitrogen and oxygen atoms in total. The van der Waals surface area contributed by atoms with E-state index in [9.17, 15) is 4.79 Å². The summed E-state index contributed by atoms with van der Waals surface area (Å²) in [5.41, 5.74) is 0.339. The quantitative estimate of drug-likeness (QED) is 0.835. The van der Waals surface area contributed by atoms with Crippen LogP contribution in [0.3, 0.4) is 0 Å². The summed E-state index contributed by atoms with van der Waals surface area (Å²) in [4.78, 5) is 13.4. The zero-order valence-corrected chi connectivity index (χ0v) is 12.8. The number of carbonyl (C=O) groups is 1. The number of tetrazole rings is 1. The molecule has 1 aromatic carbocycles. The molecule has 2 rings (SSSR count). The molecular formula is C12H13ClN6OS. The first kappa shape index (κ1) is 15.3. The molecule has 1 amide bonds. The average molecular weight is 325 g/mol. The van der Waals surface area contributed by atoms with Gasteiger partial charge in [0.1, 0.15) is 0 Å². The molecule has 0 bridgehead atoms. The third-order valence-electron chi connectivity index (χ3n) is 2.45. The van der Waals surface area contributed by atoms with Gasteiger partial charge in [0, 0.05) is 0 Å². The van der Waals surface area contributed by atoms with Gasteiger partial charge in [-0.2, -0.15) is 4.80 Å². The number of hydrogen-bond acceptors (Lipinski definition) is 5. The van der Waals surface area contributed by atoms with Gasteiger partial charge in [0.05, 0.1) is 17.1 Å². The van der Waals surface area contributed by atoms with Crippen LogP contribution in [0.2, 0.25) is 5.02 Å². The molecule has 0 unspecified atom stereocenters. The lowest BCUT2D eigenvalue weighted by atomic mass is 10.2. The highest BCUT2D eigenvalue weighted by molar-refractivity contribution is 7.80. The van der Waals surface area contributed by atoms with Gasteiger partial charge >= 0.3 is 0 Å². The summed E-state index contributed by atoms with van der Waals surface area (Å²) in [6, 6.07) is 6.70. The van der Waals surface area contributed by atoms with Gasteiger partial charge in [0.2, 0.25) is 0 Å². The number of carbonyl (C=O) groups excluding carboxylic acids is 1. The normalized spacial score (nSPS) is 10.2. The fourth-order valence-corrected chi connectivity index (χ4v) is 1.94. The number of rotatable bonds is 4. The maximum atomic E-state index is 12.0. The Kier molecular flexibility index (Phi) is 5.18. The molecule has 110 valence electrons. The molecule has 9 heteroatoms. The largest absolute Gasteiger partial charge is 0.299 e. The van der Waals surface area contributed by atoms with E-state index in [0.717, 1.165) is 6.42 Å². The zero-order valence-electron chi connectivity index (χ0n) is 11.2. The van der Waals surface area contributed by atoms with E-state index in [1.54, 1.807) is 24.3 Å². The number of nitrogens with one attached hydrogen (secondary N) is 2. The lowest BCUT2D eigenvalue weighted by Crippen LogP contribution is -2.34. The monoisotopic (exact) mass is 324 g/mol. The van der Waals surface area contributed by atoms with E-state index < -0.39 is 5.91 Å². The zero-order chi connectivity index (χ0) is 15.2. The van der Waals surface area contributed by atoms with E-state index >= 15 is 0 Å². The van der Waals surface area contributed by atoms with Crippen LogP contribution in [0.15, 0.2) is 24.3 Å². The van der Waals surface area contributed by atoms with Gasteiger partial charge in [-0.15, -0.1) is 5.10 Å². The lowest BCUT2D eigenvalue weighted by Gasteiger charge is -2.07. The molecule has 2 N–H and O–H groups in total. The van der Waals surface area contributed by atoms with Crippen molar-refractivity contribution in [2.24, 2.45) is 0 Å². The molecule has 1 heterocycles. The van der Waals surface area contributed by atoms with Crippen molar-refractivity contribution in [1.82, 2.24) is 25.5 Å². The number of hydrogen-bond donors (Lipinski definition) is 2. The van der Waals surface area contributed by atoms with Gasteiger partial charge in [-0.1, -0.05) is 35.8 Å². The summed E-state index contributed by atoms with van der Waals surface area (Å²) in [5.74, 6) is -0.174. The van der Waals surface area contributed by atoms with Crippen LogP contribution >= 0.6 is 23.8 Å². The Bertz CT molecular complexity index is 659. The van der Waals surface area contributed by atoms with Crippen molar-refractivity contribution in [3.63, 3.8) is 0 Å². The Balaban J connectivity index is 1.95. The van der Waals surface area contributed by atoms with Gasteiger partial charge in [-0.3, -0.25) is 15.4 Å². The van der Waals surface area contributed by atoms with Crippen LogP contribution in [-0.2, 0) is 6.54 Å². The molecule has 21 heavy (non-hydrogen) atoms. The first-order valence-corrected chi connectivity index (χ1v) is 7.03. The SMILES string of the molecule is CCCn1nnc(NC(=S)NC(=O)c2ccccc2Cl)n1. The number of amides is 1. The highest BCUT2D eigenvalue weighted by Gasteiger charge is 2.12. The predicted octanol–water partition coefficient (Wildman–Crippen LogP) is 1.86. The van der Waals surface area contributed by atoms with Crippen molar-refractivity contribution >= 4 is 40.8 Å². The highest BCUT2D eigenvalue weighted by Crippen LogP contribution is 2.14. The smallest absolute Gasteiger partial charge is 0.269 e. The molecule has 0 fully saturated rings. The van der Waals surface area contributed by atoms with Crippen molar-refractivity contribution in [3.05, 3.63) is 34.9 Å². The van der Waals surface area contributed by atoms with Crippen LogP contribution in [0, 0.1) is 0 Å². The van der Waals surface area contributed by atoms with E-state index in [2.05, 4.69) is 26.0 Å². The Morgan fingerprint density at radius 2 is 2.19 bits per heavy atom. The summed E-state index contributed by atoms with van der Waals surface area (Å²) >= 11 is 11.0. The number of halogens is 1. The highest BCUT2D eigenvalue weighted by atomic mass is 35.5. The van der Waals surface area contributed by atoms with Crippen LogP contribution in [0.1, 0.15) is 23.7 Å². The molecule has 0 atom stereocenters. The summed E-state index contributed by atoms with van der Waals surface area (Å²) in [6.07, 6.45) is 0.892. The fourth-order valence-electron chi connectivity index (χ4n) is 1.54. The minimum atomic E-state index is -0.404. The van der Waals surface area contributed by atoms with Crippen LogP contribution in [0.25, 0.3) is 0 Å². The second-order valence-corrected chi connectivity index (χ2v) is 4.91. The molecule has 0 saturated heterocycles. The molecule has 0 spiro atoms. The van der Waals surface area contributed by atoms with Crippen molar-refractivity contribution in [1.29, 1.82) is 0 Å². The Morgan fingerprint density at radius 1 is 1.43 bits per heavy atom. The maximum absolute atomic E-state index is 12.0. The van der Waals surface area contributed by atoms with Crippen LogP contribution < -0.4 is 10.6 Å². The van der Waals surface area contributed by atoms with Crippen LogP contribution in [-0.4, -0.2) is 31.2 Å². The minimum Gasteiger partial charge on any atom is -0.299 e. The number of aromatic nitrogens is 4. The second-order valence-electron chi connectivity index (χ2n) is 4.10. The third kappa shape index (κ3) is 4.20. The Morgan fingerprint density at radius 3 is 2.90 bits per heavy atom. The molecule has 0 aliphatic heterocycles. The van der Waals surface area contributed by atoms with Crippen molar-refractivity contribution < 1.29 is 4.79 Å². The van der Waals surface area contributed by atoms with Crippen LogP contribution in [0.5, 0.6) is 0 Å². The Hall–Kier alpha value is -2.06. The molecule has 0 radical (unpaired) electrons. The number of benzene rings is 1. The molecule has 1 aromatic heterocycles. The fraction of sp³-hybridized carbons (Fsp3) is 0.250. The molecule has 2 aromatic rings. The van der Waals surface area contributed by atoms with Gasteiger partial charge in [0.15, 0.2) is 5.11 Å². The van der Waals surface area contributed by atoms with E-state index in [1.807, 2.05) is 6.92 Å². The molecule has 0 saturated carbocycles. The van der Waals surface area contributed by atoms with Gasteiger partial charge in [0.25, 0.3) is 11.9 Å².